The van der Waals surface area contributed by atoms with E-state index in [9.17, 15) is 18.0 Å². The number of aromatic amines is 1. The SMILES string of the molecule is CN(CCCn1c2c(c(=O)[nH]c1=O)CCCC2)S(=O)(=O)c1ccc(Br)cc1. The molecule has 1 aromatic heterocycles. The topological polar surface area (TPSA) is 92.2 Å². The van der Waals surface area contributed by atoms with Crippen LogP contribution in [-0.4, -0.2) is 35.9 Å². The van der Waals surface area contributed by atoms with Gasteiger partial charge in [-0.15, -0.1) is 0 Å². The van der Waals surface area contributed by atoms with Gasteiger partial charge in [0.15, 0.2) is 0 Å². The summed E-state index contributed by atoms with van der Waals surface area (Å²) in [6.45, 7) is 0.650. The minimum atomic E-state index is -3.58. The van der Waals surface area contributed by atoms with Gasteiger partial charge in [0.2, 0.25) is 10.0 Å². The van der Waals surface area contributed by atoms with Crippen LogP contribution in [0.1, 0.15) is 30.5 Å². The Morgan fingerprint density at radius 3 is 2.52 bits per heavy atom. The molecule has 1 heterocycles. The van der Waals surface area contributed by atoms with E-state index in [1.54, 1.807) is 28.8 Å². The van der Waals surface area contributed by atoms with Crippen LogP contribution >= 0.6 is 15.9 Å². The fourth-order valence-corrected chi connectivity index (χ4v) is 4.86. The zero-order valence-electron chi connectivity index (χ0n) is 15.1. The Labute approximate surface area is 166 Å². The fraction of sp³-hybridized carbons (Fsp3) is 0.444. The average molecular weight is 456 g/mol. The van der Waals surface area contributed by atoms with Crippen molar-refractivity contribution in [2.24, 2.45) is 0 Å². The van der Waals surface area contributed by atoms with E-state index in [-0.39, 0.29) is 17.0 Å². The van der Waals surface area contributed by atoms with Crippen LogP contribution in [0.5, 0.6) is 0 Å². The average Bonchev–Trinajstić information content (AvgIpc) is 2.64. The van der Waals surface area contributed by atoms with Crippen molar-refractivity contribution in [2.45, 2.75) is 43.5 Å². The number of hydrogen-bond donors (Lipinski definition) is 1. The van der Waals surface area contributed by atoms with E-state index in [2.05, 4.69) is 20.9 Å². The van der Waals surface area contributed by atoms with Gasteiger partial charge in [-0.25, -0.2) is 17.5 Å². The van der Waals surface area contributed by atoms with Gasteiger partial charge in [-0.1, -0.05) is 15.9 Å². The maximum absolute atomic E-state index is 12.6. The molecule has 146 valence electrons. The standard InChI is InChI=1S/C18H22BrN3O4S/c1-21(27(25,26)14-9-7-13(19)8-10-14)11-4-12-22-16-6-3-2-5-15(16)17(23)20-18(22)24/h7-10H,2-6,11-12H2,1H3,(H,20,23,24). The highest BCUT2D eigenvalue weighted by molar-refractivity contribution is 9.10. The number of nitrogens with zero attached hydrogens (tertiary/aromatic N) is 2. The van der Waals surface area contributed by atoms with Gasteiger partial charge >= 0.3 is 5.69 Å². The molecule has 0 bridgehead atoms. The van der Waals surface area contributed by atoms with Crippen LogP contribution in [-0.2, 0) is 29.4 Å². The molecule has 2 aromatic rings. The highest BCUT2D eigenvalue weighted by Crippen LogP contribution is 2.19. The predicted molar refractivity (Wildman–Crippen MR) is 107 cm³/mol. The number of fused-ring (bicyclic) bond motifs is 1. The van der Waals surface area contributed by atoms with Crippen LogP contribution in [0.25, 0.3) is 0 Å². The highest BCUT2D eigenvalue weighted by Gasteiger charge is 2.21. The molecule has 0 fully saturated rings. The molecule has 0 atom stereocenters. The number of H-pyrrole nitrogens is 1. The van der Waals surface area contributed by atoms with Gasteiger partial charge in [0, 0.05) is 35.9 Å². The minimum absolute atomic E-state index is 0.229. The molecule has 27 heavy (non-hydrogen) atoms. The minimum Gasteiger partial charge on any atom is -0.297 e. The number of nitrogens with one attached hydrogen (secondary N) is 1. The molecular formula is C18H22BrN3O4S. The lowest BCUT2D eigenvalue weighted by Gasteiger charge is -2.21. The summed E-state index contributed by atoms with van der Waals surface area (Å²) in [6.07, 6.45) is 3.77. The maximum Gasteiger partial charge on any atom is 0.328 e. The van der Waals surface area contributed by atoms with Crippen LogP contribution in [0.15, 0.2) is 43.2 Å². The van der Waals surface area contributed by atoms with Crippen LogP contribution in [0.4, 0.5) is 0 Å². The summed E-state index contributed by atoms with van der Waals surface area (Å²) in [7, 11) is -2.05. The third kappa shape index (κ3) is 4.25. The van der Waals surface area contributed by atoms with Crippen molar-refractivity contribution in [3.63, 3.8) is 0 Å². The van der Waals surface area contributed by atoms with Crippen molar-refractivity contribution in [3.05, 3.63) is 60.8 Å². The highest BCUT2D eigenvalue weighted by atomic mass is 79.9. The van der Waals surface area contributed by atoms with Gasteiger partial charge in [0.05, 0.1) is 4.90 Å². The summed E-state index contributed by atoms with van der Waals surface area (Å²) >= 11 is 3.29. The summed E-state index contributed by atoms with van der Waals surface area (Å²) in [5.41, 5.74) is 0.782. The van der Waals surface area contributed by atoms with Crippen LogP contribution < -0.4 is 11.2 Å². The lowest BCUT2D eigenvalue weighted by atomic mass is 9.97. The number of benzene rings is 1. The van der Waals surface area contributed by atoms with E-state index in [4.69, 9.17) is 0 Å². The molecule has 1 aliphatic carbocycles. The lowest BCUT2D eigenvalue weighted by molar-refractivity contribution is 0.435. The Kier molecular flexibility index (Phi) is 6.02. The van der Waals surface area contributed by atoms with Gasteiger partial charge in [-0.2, -0.15) is 0 Å². The van der Waals surface area contributed by atoms with E-state index in [1.807, 2.05) is 0 Å². The second kappa shape index (κ2) is 8.12. The molecule has 0 spiro atoms. The molecule has 0 radical (unpaired) electrons. The largest absolute Gasteiger partial charge is 0.328 e. The predicted octanol–water partition coefficient (Wildman–Crippen LogP) is 1.89. The molecule has 0 unspecified atom stereocenters. The first-order valence-electron chi connectivity index (χ1n) is 8.87. The molecule has 1 N–H and O–H groups in total. The third-order valence-corrected chi connectivity index (χ3v) is 7.28. The van der Waals surface area contributed by atoms with Gasteiger partial charge in [-0.05, 0) is 56.4 Å². The molecule has 9 heteroatoms. The Balaban J connectivity index is 1.72. The van der Waals surface area contributed by atoms with E-state index in [0.717, 1.165) is 23.0 Å². The van der Waals surface area contributed by atoms with Crippen LogP contribution in [0.3, 0.4) is 0 Å². The Morgan fingerprint density at radius 1 is 1.15 bits per heavy atom. The molecule has 1 aliphatic rings. The molecule has 7 nitrogen and oxygen atoms in total. The molecule has 3 rings (SSSR count). The quantitative estimate of drug-likeness (QED) is 0.719. The van der Waals surface area contributed by atoms with Gasteiger partial charge in [0.25, 0.3) is 5.56 Å². The van der Waals surface area contributed by atoms with Crippen molar-refractivity contribution >= 4 is 26.0 Å². The van der Waals surface area contributed by atoms with Gasteiger partial charge in [-0.3, -0.25) is 14.3 Å². The third-order valence-electron chi connectivity index (χ3n) is 4.88. The second-order valence-corrected chi connectivity index (χ2v) is 9.64. The zero-order chi connectivity index (χ0) is 19.6. The molecule has 1 aromatic carbocycles. The Bertz CT molecular complexity index is 1040. The Hall–Kier alpha value is -1.71. The summed E-state index contributed by atoms with van der Waals surface area (Å²) in [5, 5.41) is 0. The van der Waals surface area contributed by atoms with Crippen LogP contribution in [0, 0.1) is 0 Å². The molecule has 0 amide bonds. The molecule has 0 saturated heterocycles. The maximum atomic E-state index is 12.6. The molecule has 0 saturated carbocycles. The number of aromatic nitrogens is 2. The summed E-state index contributed by atoms with van der Waals surface area (Å²) in [6, 6.07) is 6.48. The van der Waals surface area contributed by atoms with Crippen molar-refractivity contribution in [1.82, 2.24) is 13.9 Å². The second-order valence-electron chi connectivity index (χ2n) is 6.68. The number of halogens is 1. The molecule has 0 aliphatic heterocycles. The van der Waals surface area contributed by atoms with E-state index in [1.165, 1.54) is 11.4 Å². The van der Waals surface area contributed by atoms with E-state index >= 15 is 0 Å². The van der Waals surface area contributed by atoms with Gasteiger partial charge < -0.3 is 0 Å². The first kappa shape index (κ1) is 20.0. The van der Waals surface area contributed by atoms with Crippen molar-refractivity contribution in [2.75, 3.05) is 13.6 Å². The first-order valence-corrected chi connectivity index (χ1v) is 11.1. The summed E-state index contributed by atoms with van der Waals surface area (Å²) in [4.78, 5) is 26.8. The summed E-state index contributed by atoms with van der Waals surface area (Å²) in [5.74, 6) is 0. The normalized spacial score (nSPS) is 14.3. The van der Waals surface area contributed by atoms with E-state index < -0.39 is 15.7 Å². The fourth-order valence-electron chi connectivity index (χ4n) is 3.39. The van der Waals surface area contributed by atoms with E-state index in [0.29, 0.717) is 31.4 Å². The first-order chi connectivity index (χ1) is 12.8. The number of hydrogen-bond acceptors (Lipinski definition) is 4. The van der Waals surface area contributed by atoms with Crippen molar-refractivity contribution in [1.29, 1.82) is 0 Å². The smallest absolute Gasteiger partial charge is 0.297 e. The molecular weight excluding hydrogens is 434 g/mol. The van der Waals surface area contributed by atoms with Crippen molar-refractivity contribution < 1.29 is 8.42 Å². The number of sulfonamides is 1. The Morgan fingerprint density at radius 2 is 1.81 bits per heavy atom. The van der Waals surface area contributed by atoms with Gasteiger partial charge in [0.1, 0.15) is 0 Å². The number of rotatable bonds is 6. The zero-order valence-corrected chi connectivity index (χ0v) is 17.5. The monoisotopic (exact) mass is 455 g/mol. The van der Waals surface area contributed by atoms with Crippen LogP contribution in [0.2, 0.25) is 0 Å². The van der Waals surface area contributed by atoms with Crippen molar-refractivity contribution in [3.8, 4) is 0 Å². The lowest BCUT2D eigenvalue weighted by Crippen LogP contribution is -2.37. The summed E-state index contributed by atoms with van der Waals surface area (Å²) < 4.78 is 28.9.